The van der Waals surface area contributed by atoms with Gasteiger partial charge >= 0.3 is 0 Å². The van der Waals surface area contributed by atoms with E-state index in [0.717, 1.165) is 29.4 Å². The van der Waals surface area contributed by atoms with Gasteiger partial charge in [-0.2, -0.15) is 0 Å². The Hall–Kier alpha value is -1.36. The highest BCUT2D eigenvalue weighted by Crippen LogP contribution is 2.36. The number of carbonyl (C=O) groups excluding carboxylic acids is 2. The molecule has 0 saturated carbocycles. The monoisotopic (exact) mass is 324 g/mol. The summed E-state index contributed by atoms with van der Waals surface area (Å²) in [6.07, 6.45) is 1.65. The van der Waals surface area contributed by atoms with Crippen LogP contribution in [0.5, 0.6) is 0 Å². The van der Waals surface area contributed by atoms with Crippen LogP contribution in [-0.4, -0.2) is 32.3 Å². The number of benzene rings is 1. The van der Waals surface area contributed by atoms with E-state index in [-0.39, 0.29) is 11.3 Å². The summed E-state index contributed by atoms with van der Waals surface area (Å²) in [7, 11) is 1.67. The van der Waals surface area contributed by atoms with Crippen LogP contribution >= 0.6 is 15.9 Å². The molecule has 1 fully saturated rings. The SMILES string of the molecule is CNC(=O)C1(C)CCN(c2ccc(C=O)cc2Br)C1. The molecule has 0 spiro atoms. The van der Waals surface area contributed by atoms with Gasteiger partial charge in [0.15, 0.2) is 0 Å². The Labute approximate surface area is 121 Å². The largest absolute Gasteiger partial charge is 0.370 e. The first-order chi connectivity index (χ1) is 9.00. The molecule has 5 heteroatoms. The number of hydrogen-bond acceptors (Lipinski definition) is 3. The second-order valence-electron chi connectivity index (χ2n) is 5.14. The van der Waals surface area contributed by atoms with Crippen molar-refractivity contribution in [3.05, 3.63) is 28.2 Å². The predicted octanol–water partition coefficient (Wildman–Crippen LogP) is 2.22. The molecule has 19 heavy (non-hydrogen) atoms. The zero-order valence-electron chi connectivity index (χ0n) is 11.1. The topological polar surface area (TPSA) is 49.4 Å². The molecule has 1 aromatic carbocycles. The molecule has 1 aromatic rings. The summed E-state index contributed by atoms with van der Waals surface area (Å²) < 4.78 is 0.887. The van der Waals surface area contributed by atoms with Gasteiger partial charge in [0.05, 0.1) is 11.1 Å². The molecule has 0 bridgehead atoms. The summed E-state index contributed by atoms with van der Waals surface area (Å²) in [6, 6.07) is 5.52. The summed E-state index contributed by atoms with van der Waals surface area (Å²) in [6.45, 7) is 3.51. The highest BCUT2D eigenvalue weighted by atomic mass is 79.9. The number of anilines is 1. The van der Waals surface area contributed by atoms with Crippen LogP contribution in [0.2, 0.25) is 0 Å². The molecule has 1 aliphatic rings. The minimum absolute atomic E-state index is 0.0793. The van der Waals surface area contributed by atoms with Gasteiger partial charge in [-0.25, -0.2) is 0 Å². The lowest BCUT2D eigenvalue weighted by Gasteiger charge is -2.24. The third kappa shape index (κ3) is 2.66. The second kappa shape index (κ2) is 5.33. The van der Waals surface area contributed by atoms with E-state index in [4.69, 9.17) is 0 Å². The number of amides is 1. The van der Waals surface area contributed by atoms with Gasteiger partial charge in [0, 0.05) is 30.2 Å². The molecule has 1 heterocycles. The zero-order valence-corrected chi connectivity index (χ0v) is 12.7. The lowest BCUT2D eigenvalue weighted by molar-refractivity contribution is -0.128. The van der Waals surface area contributed by atoms with Crippen molar-refractivity contribution in [2.24, 2.45) is 5.41 Å². The van der Waals surface area contributed by atoms with Crippen molar-refractivity contribution in [3.8, 4) is 0 Å². The summed E-state index contributed by atoms with van der Waals surface area (Å²) in [5.41, 5.74) is 1.32. The number of aldehydes is 1. The molecule has 2 rings (SSSR count). The molecule has 1 unspecified atom stereocenters. The van der Waals surface area contributed by atoms with E-state index in [0.29, 0.717) is 12.1 Å². The van der Waals surface area contributed by atoms with Crippen molar-refractivity contribution in [2.75, 3.05) is 25.0 Å². The number of carbonyl (C=O) groups is 2. The minimum atomic E-state index is -0.350. The normalized spacial score (nSPS) is 22.4. The highest BCUT2D eigenvalue weighted by molar-refractivity contribution is 9.10. The molecule has 102 valence electrons. The van der Waals surface area contributed by atoms with Gasteiger partial charge in [0.2, 0.25) is 5.91 Å². The average Bonchev–Trinajstić information content (AvgIpc) is 2.81. The van der Waals surface area contributed by atoms with Crippen molar-refractivity contribution in [1.82, 2.24) is 5.32 Å². The van der Waals surface area contributed by atoms with Crippen LogP contribution in [0.3, 0.4) is 0 Å². The van der Waals surface area contributed by atoms with Crippen LogP contribution in [-0.2, 0) is 4.79 Å². The second-order valence-corrected chi connectivity index (χ2v) is 5.99. The van der Waals surface area contributed by atoms with Crippen LogP contribution in [0.1, 0.15) is 23.7 Å². The molecule has 1 aliphatic heterocycles. The summed E-state index contributed by atoms with van der Waals surface area (Å²) >= 11 is 3.49. The fourth-order valence-corrected chi connectivity index (χ4v) is 3.15. The molecule has 1 saturated heterocycles. The molecular formula is C14H17BrN2O2. The first kappa shape index (κ1) is 14.1. The fourth-order valence-electron chi connectivity index (χ4n) is 2.51. The molecular weight excluding hydrogens is 308 g/mol. The van der Waals surface area contributed by atoms with Crippen LogP contribution in [0.15, 0.2) is 22.7 Å². The van der Waals surface area contributed by atoms with E-state index in [1.165, 1.54) is 0 Å². The van der Waals surface area contributed by atoms with Crippen molar-refractivity contribution in [1.29, 1.82) is 0 Å². The third-order valence-electron chi connectivity index (χ3n) is 3.70. The predicted molar refractivity (Wildman–Crippen MR) is 78.5 cm³/mol. The quantitative estimate of drug-likeness (QED) is 0.867. The maximum Gasteiger partial charge on any atom is 0.227 e. The van der Waals surface area contributed by atoms with Crippen LogP contribution in [0.4, 0.5) is 5.69 Å². The number of hydrogen-bond donors (Lipinski definition) is 1. The van der Waals surface area contributed by atoms with E-state index in [9.17, 15) is 9.59 Å². The number of nitrogens with zero attached hydrogens (tertiary/aromatic N) is 1. The maximum absolute atomic E-state index is 11.9. The molecule has 0 aromatic heterocycles. The number of rotatable bonds is 3. The number of nitrogens with one attached hydrogen (secondary N) is 1. The van der Waals surface area contributed by atoms with Crippen LogP contribution in [0, 0.1) is 5.41 Å². The van der Waals surface area contributed by atoms with Gasteiger partial charge in [-0.3, -0.25) is 9.59 Å². The summed E-state index contributed by atoms with van der Waals surface area (Å²) in [4.78, 5) is 24.8. The zero-order chi connectivity index (χ0) is 14.0. The Morgan fingerprint density at radius 2 is 2.26 bits per heavy atom. The third-order valence-corrected chi connectivity index (χ3v) is 4.33. The lowest BCUT2D eigenvalue weighted by Crippen LogP contribution is -2.39. The van der Waals surface area contributed by atoms with E-state index in [2.05, 4.69) is 26.1 Å². The van der Waals surface area contributed by atoms with Crippen molar-refractivity contribution < 1.29 is 9.59 Å². The maximum atomic E-state index is 11.9. The molecule has 1 atom stereocenters. The Kier molecular flexibility index (Phi) is 3.94. The van der Waals surface area contributed by atoms with Gasteiger partial charge in [0.1, 0.15) is 6.29 Å². The Morgan fingerprint density at radius 1 is 1.53 bits per heavy atom. The van der Waals surface area contributed by atoms with Gasteiger partial charge in [-0.1, -0.05) is 0 Å². The van der Waals surface area contributed by atoms with Crippen LogP contribution in [0.25, 0.3) is 0 Å². The van der Waals surface area contributed by atoms with E-state index < -0.39 is 0 Å². The van der Waals surface area contributed by atoms with Crippen molar-refractivity contribution in [2.45, 2.75) is 13.3 Å². The first-order valence-electron chi connectivity index (χ1n) is 6.22. The van der Waals surface area contributed by atoms with Gasteiger partial charge in [-0.15, -0.1) is 0 Å². The Balaban J connectivity index is 2.21. The van der Waals surface area contributed by atoms with Gasteiger partial charge < -0.3 is 10.2 Å². The van der Waals surface area contributed by atoms with Crippen LogP contribution < -0.4 is 10.2 Å². The molecule has 0 aliphatic carbocycles. The van der Waals surface area contributed by atoms with E-state index in [1.54, 1.807) is 19.2 Å². The average molecular weight is 325 g/mol. The van der Waals surface area contributed by atoms with Crippen molar-refractivity contribution >= 4 is 33.8 Å². The molecule has 1 amide bonds. The summed E-state index contributed by atoms with van der Waals surface area (Å²) in [5.74, 6) is 0.0793. The molecule has 4 nitrogen and oxygen atoms in total. The summed E-state index contributed by atoms with van der Waals surface area (Å²) in [5, 5.41) is 2.73. The molecule has 0 radical (unpaired) electrons. The van der Waals surface area contributed by atoms with E-state index in [1.807, 2.05) is 13.0 Å². The fraction of sp³-hybridized carbons (Fsp3) is 0.429. The van der Waals surface area contributed by atoms with E-state index >= 15 is 0 Å². The smallest absolute Gasteiger partial charge is 0.227 e. The first-order valence-corrected chi connectivity index (χ1v) is 7.01. The Bertz CT molecular complexity index is 518. The number of halogens is 1. The van der Waals surface area contributed by atoms with Crippen molar-refractivity contribution in [3.63, 3.8) is 0 Å². The Morgan fingerprint density at radius 3 is 2.84 bits per heavy atom. The molecule has 1 N–H and O–H groups in total. The minimum Gasteiger partial charge on any atom is -0.370 e. The highest BCUT2D eigenvalue weighted by Gasteiger charge is 2.40. The van der Waals surface area contributed by atoms with Gasteiger partial charge in [0.25, 0.3) is 0 Å². The standard InChI is InChI=1S/C14H17BrN2O2/c1-14(13(19)16-2)5-6-17(9-14)12-4-3-10(8-18)7-11(12)15/h3-4,7-8H,5-6,9H2,1-2H3,(H,16,19). The lowest BCUT2D eigenvalue weighted by atomic mass is 9.89. The van der Waals surface area contributed by atoms with Gasteiger partial charge in [-0.05, 0) is 47.5 Å².